The Morgan fingerprint density at radius 3 is 2.79 bits per heavy atom. The van der Waals surface area contributed by atoms with Crippen LogP contribution in [0.2, 0.25) is 0 Å². The Bertz CT molecular complexity index is 452. The minimum Gasteiger partial charge on any atom is -0.435 e. The number of carbonyl (C=O) groups is 1. The molecule has 1 amide bonds. The lowest BCUT2D eigenvalue weighted by Crippen LogP contribution is -2.22. The number of halogens is 3. The molecule has 3 nitrogen and oxygen atoms in total. The fourth-order valence-corrected chi connectivity index (χ4v) is 1.57. The molecule has 0 aliphatic heterocycles. The van der Waals surface area contributed by atoms with Gasteiger partial charge < -0.3 is 10.1 Å². The Labute approximate surface area is 118 Å². The predicted molar refractivity (Wildman–Crippen MR) is 72.2 cm³/mol. The molecule has 0 radical (unpaired) electrons. The molecule has 0 fully saturated rings. The third kappa shape index (κ3) is 6.91. The van der Waals surface area contributed by atoms with Gasteiger partial charge in [0.05, 0.1) is 0 Å². The van der Waals surface area contributed by atoms with Crippen LogP contribution in [0.4, 0.5) is 8.78 Å². The number of ether oxygens (including phenoxy) is 1. The Hall–Kier alpha value is -1.43. The zero-order chi connectivity index (χ0) is 14.3. The third-order valence-electron chi connectivity index (χ3n) is 2.24. The Morgan fingerprint density at radius 1 is 1.42 bits per heavy atom. The fourth-order valence-electron chi connectivity index (χ4n) is 1.37. The first kappa shape index (κ1) is 15.6. The molecule has 1 aromatic carbocycles. The van der Waals surface area contributed by atoms with E-state index >= 15 is 0 Å². The van der Waals surface area contributed by atoms with Crippen molar-refractivity contribution < 1.29 is 18.3 Å². The summed E-state index contributed by atoms with van der Waals surface area (Å²) in [7, 11) is 0. The summed E-state index contributed by atoms with van der Waals surface area (Å²) in [6.07, 6.45) is 0.887. The molecule has 0 unspecified atom stereocenters. The quantitative estimate of drug-likeness (QED) is 0.828. The molecule has 0 aromatic heterocycles. The van der Waals surface area contributed by atoms with Gasteiger partial charge in [0.25, 0.3) is 0 Å². The second kappa shape index (κ2) is 7.89. The van der Waals surface area contributed by atoms with E-state index < -0.39 is 6.61 Å². The molecule has 0 atom stereocenters. The van der Waals surface area contributed by atoms with Crippen molar-refractivity contribution >= 4 is 21.8 Å². The average Bonchev–Trinajstić information content (AvgIpc) is 2.33. The Morgan fingerprint density at radius 2 is 2.16 bits per heavy atom. The standard InChI is InChI=1S/C13H14BrF2NO2/c1-9(14)5-6-12(18)17-8-10-3-2-4-11(7-10)19-13(15)16/h2-4,7,13H,1,5-6,8H2,(H,17,18). The van der Waals surface area contributed by atoms with E-state index in [0.717, 1.165) is 4.48 Å². The van der Waals surface area contributed by atoms with Gasteiger partial charge >= 0.3 is 6.61 Å². The van der Waals surface area contributed by atoms with Gasteiger partial charge in [0.1, 0.15) is 5.75 Å². The normalized spacial score (nSPS) is 10.3. The van der Waals surface area contributed by atoms with Gasteiger partial charge in [-0.05, 0) is 28.6 Å². The monoisotopic (exact) mass is 333 g/mol. The van der Waals surface area contributed by atoms with Crippen LogP contribution in [0.1, 0.15) is 18.4 Å². The van der Waals surface area contributed by atoms with Crippen molar-refractivity contribution in [3.63, 3.8) is 0 Å². The van der Waals surface area contributed by atoms with Crippen molar-refractivity contribution in [1.29, 1.82) is 0 Å². The second-order valence-corrected chi connectivity index (χ2v) is 4.94. The Kier molecular flexibility index (Phi) is 6.49. The van der Waals surface area contributed by atoms with Crippen molar-refractivity contribution in [2.24, 2.45) is 0 Å². The average molecular weight is 334 g/mol. The number of nitrogens with one attached hydrogen (secondary N) is 1. The molecule has 104 valence electrons. The number of alkyl halides is 2. The minimum absolute atomic E-state index is 0.0792. The lowest BCUT2D eigenvalue weighted by atomic mass is 10.2. The van der Waals surface area contributed by atoms with E-state index in [1.165, 1.54) is 12.1 Å². The summed E-state index contributed by atoms with van der Waals surface area (Å²) in [5, 5.41) is 2.69. The number of rotatable bonds is 7. The number of hydrogen-bond acceptors (Lipinski definition) is 2. The van der Waals surface area contributed by atoms with Gasteiger partial charge in [0, 0.05) is 13.0 Å². The van der Waals surface area contributed by atoms with E-state index in [9.17, 15) is 13.6 Å². The predicted octanol–water partition coefficient (Wildman–Crippen LogP) is 3.59. The Balaban J connectivity index is 2.44. The molecule has 1 aromatic rings. The van der Waals surface area contributed by atoms with E-state index in [0.29, 0.717) is 18.4 Å². The van der Waals surface area contributed by atoms with Crippen molar-refractivity contribution in [2.45, 2.75) is 26.0 Å². The van der Waals surface area contributed by atoms with Gasteiger partial charge in [0.2, 0.25) is 5.91 Å². The van der Waals surface area contributed by atoms with Crippen molar-refractivity contribution in [1.82, 2.24) is 5.32 Å². The van der Waals surface area contributed by atoms with Crippen LogP contribution in [0, 0.1) is 0 Å². The number of allylic oxidation sites excluding steroid dienone is 1. The summed E-state index contributed by atoms with van der Waals surface area (Å²) in [4.78, 5) is 11.5. The molecular weight excluding hydrogens is 320 g/mol. The number of hydrogen-bond donors (Lipinski definition) is 1. The second-order valence-electron chi connectivity index (χ2n) is 3.82. The van der Waals surface area contributed by atoms with Crippen LogP contribution in [-0.2, 0) is 11.3 Å². The summed E-state index contributed by atoms with van der Waals surface area (Å²) in [6, 6.07) is 6.23. The fraction of sp³-hybridized carbons (Fsp3) is 0.308. The molecule has 0 aliphatic rings. The number of amides is 1. The maximum absolute atomic E-state index is 12.0. The number of carbonyl (C=O) groups excluding carboxylic acids is 1. The van der Waals surface area contributed by atoms with Crippen LogP contribution >= 0.6 is 15.9 Å². The first-order chi connectivity index (χ1) is 8.97. The van der Waals surface area contributed by atoms with E-state index in [1.807, 2.05) is 0 Å². The van der Waals surface area contributed by atoms with E-state index in [2.05, 4.69) is 32.6 Å². The molecule has 0 spiro atoms. The zero-order valence-corrected chi connectivity index (χ0v) is 11.8. The van der Waals surface area contributed by atoms with Gasteiger partial charge in [-0.15, -0.1) is 0 Å². The topological polar surface area (TPSA) is 38.3 Å². The molecule has 0 heterocycles. The van der Waals surface area contributed by atoms with Crippen LogP contribution in [0.5, 0.6) is 5.75 Å². The summed E-state index contributed by atoms with van der Waals surface area (Å²) in [5.41, 5.74) is 0.698. The highest BCUT2D eigenvalue weighted by Crippen LogP contribution is 2.16. The largest absolute Gasteiger partial charge is 0.435 e. The van der Waals surface area contributed by atoms with Crippen LogP contribution in [0.25, 0.3) is 0 Å². The molecule has 0 saturated heterocycles. The van der Waals surface area contributed by atoms with Crippen molar-refractivity contribution in [3.8, 4) is 5.75 Å². The van der Waals surface area contributed by atoms with E-state index in [4.69, 9.17) is 0 Å². The molecule has 1 rings (SSSR count). The summed E-state index contributed by atoms with van der Waals surface area (Å²) >= 11 is 3.17. The smallest absolute Gasteiger partial charge is 0.387 e. The SMILES string of the molecule is C=C(Br)CCC(=O)NCc1cccc(OC(F)F)c1. The van der Waals surface area contributed by atoms with Gasteiger partial charge in [-0.1, -0.05) is 34.6 Å². The summed E-state index contributed by atoms with van der Waals surface area (Å²) < 4.78 is 29.1. The minimum atomic E-state index is -2.85. The summed E-state index contributed by atoms with van der Waals surface area (Å²) in [5.74, 6) is -0.0450. The maximum Gasteiger partial charge on any atom is 0.387 e. The van der Waals surface area contributed by atoms with Gasteiger partial charge in [-0.2, -0.15) is 8.78 Å². The van der Waals surface area contributed by atoms with Crippen molar-refractivity contribution in [3.05, 3.63) is 40.9 Å². The highest BCUT2D eigenvalue weighted by molar-refractivity contribution is 9.11. The molecule has 6 heteroatoms. The zero-order valence-electron chi connectivity index (χ0n) is 10.2. The summed E-state index contributed by atoms with van der Waals surface area (Å²) in [6.45, 7) is 1.05. The number of benzene rings is 1. The van der Waals surface area contributed by atoms with E-state index in [1.54, 1.807) is 12.1 Å². The van der Waals surface area contributed by atoms with Crippen LogP contribution in [-0.4, -0.2) is 12.5 Å². The van der Waals surface area contributed by atoms with Gasteiger partial charge in [-0.25, -0.2) is 0 Å². The van der Waals surface area contributed by atoms with E-state index in [-0.39, 0.29) is 18.2 Å². The first-order valence-corrected chi connectivity index (χ1v) is 6.40. The maximum atomic E-state index is 12.0. The molecular formula is C13H14BrF2NO2. The lowest BCUT2D eigenvalue weighted by molar-refractivity contribution is -0.121. The highest BCUT2D eigenvalue weighted by atomic mass is 79.9. The molecule has 1 N–H and O–H groups in total. The van der Waals surface area contributed by atoms with Crippen LogP contribution < -0.4 is 10.1 Å². The van der Waals surface area contributed by atoms with Gasteiger partial charge in [0.15, 0.2) is 0 Å². The first-order valence-electron chi connectivity index (χ1n) is 5.61. The third-order valence-corrected chi connectivity index (χ3v) is 2.63. The van der Waals surface area contributed by atoms with Crippen LogP contribution in [0.3, 0.4) is 0 Å². The van der Waals surface area contributed by atoms with Crippen LogP contribution in [0.15, 0.2) is 35.3 Å². The van der Waals surface area contributed by atoms with Gasteiger partial charge in [-0.3, -0.25) is 4.79 Å². The molecule has 0 bridgehead atoms. The molecule has 0 aliphatic carbocycles. The van der Waals surface area contributed by atoms with Crippen molar-refractivity contribution in [2.75, 3.05) is 0 Å². The molecule has 0 saturated carbocycles. The highest BCUT2D eigenvalue weighted by Gasteiger charge is 2.06. The lowest BCUT2D eigenvalue weighted by Gasteiger charge is -2.08. The molecule has 19 heavy (non-hydrogen) atoms.